The van der Waals surface area contributed by atoms with Gasteiger partial charge in [-0.3, -0.25) is 9.69 Å². The molecule has 232 valence electrons. The number of nitrogens with one attached hydrogen (secondary N) is 1. The first-order valence-electron chi connectivity index (χ1n) is 14.5. The number of nitrogens with zero attached hydrogens (tertiary/aromatic N) is 4. The van der Waals surface area contributed by atoms with Crippen molar-refractivity contribution in [2.75, 3.05) is 34.8 Å². The number of amides is 1. The van der Waals surface area contributed by atoms with Crippen LogP contribution in [0.15, 0.2) is 18.2 Å². The smallest absolute Gasteiger partial charge is 0.405 e. The molecule has 0 radical (unpaired) electrons. The number of carbonyl (C=O) groups is 1. The number of anilines is 4. The van der Waals surface area contributed by atoms with E-state index in [1.807, 2.05) is 4.90 Å². The van der Waals surface area contributed by atoms with E-state index in [9.17, 15) is 18.0 Å². The molecule has 1 fully saturated rings. The van der Waals surface area contributed by atoms with E-state index in [4.69, 9.17) is 4.43 Å². The molecule has 2 atom stereocenters. The molecule has 0 saturated carbocycles. The standard InChI is InChI=1S/C30H43F4N5O2Si/c1-18-12-19(2)15-38(14-18)22-11-10-20(13-21(22)31)39-26-24(29(6,7)27(39)40)25(35-17-30(32,33)34)36-23(37-26)16-41-42(8,9)28(3,4)5/h10-11,13,18-19H,12,14-17H2,1-9H3,(H,35,36,37)/t18-,19+. The fraction of sp³-hybridized carbons (Fsp3) is 0.633. The number of hydrogen-bond acceptors (Lipinski definition) is 6. The summed E-state index contributed by atoms with van der Waals surface area (Å²) < 4.78 is 61.7. The summed E-state index contributed by atoms with van der Waals surface area (Å²) in [5.74, 6) is 0.132. The molecule has 2 aromatic rings. The number of rotatable bonds is 7. The van der Waals surface area contributed by atoms with Crippen molar-refractivity contribution < 1.29 is 26.8 Å². The Balaban J connectivity index is 1.78. The summed E-state index contributed by atoms with van der Waals surface area (Å²) in [7, 11) is -2.26. The number of hydrogen-bond donors (Lipinski definition) is 1. The molecular weight excluding hydrogens is 566 g/mol. The van der Waals surface area contributed by atoms with E-state index in [1.54, 1.807) is 26.0 Å². The molecule has 0 unspecified atom stereocenters. The number of aromatic nitrogens is 2. The van der Waals surface area contributed by atoms with Crippen molar-refractivity contribution in [3.8, 4) is 0 Å². The van der Waals surface area contributed by atoms with Gasteiger partial charge >= 0.3 is 6.18 Å². The molecule has 3 heterocycles. The summed E-state index contributed by atoms with van der Waals surface area (Å²) in [6, 6.07) is 4.64. The third-order valence-corrected chi connectivity index (χ3v) is 13.2. The van der Waals surface area contributed by atoms with Crippen LogP contribution < -0.4 is 15.1 Å². The predicted molar refractivity (Wildman–Crippen MR) is 160 cm³/mol. The van der Waals surface area contributed by atoms with Crippen LogP contribution in [0.2, 0.25) is 18.1 Å². The molecule has 1 aromatic heterocycles. The second-order valence-corrected chi connectivity index (χ2v) is 18.8. The van der Waals surface area contributed by atoms with Crippen LogP contribution in [0.5, 0.6) is 0 Å². The van der Waals surface area contributed by atoms with Crippen molar-refractivity contribution in [3.63, 3.8) is 0 Å². The lowest BCUT2D eigenvalue weighted by molar-refractivity contribution is -0.121. The molecule has 12 heteroatoms. The van der Waals surface area contributed by atoms with Crippen LogP contribution >= 0.6 is 0 Å². The topological polar surface area (TPSA) is 70.6 Å². The number of fused-ring (bicyclic) bond motifs is 1. The first-order valence-corrected chi connectivity index (χ1v) is 17.4. The van der Waals surface area contributed by atoms with Crippen LogP contribution in [-0.4, -0.2) is 50.0 Å². The van der Waals surface area contributed by atoms with Gasteiger partial charge in [-0.2, -0.15) is 13.2 Å². The highest BCUT2D eigenvalue weighted by Gasteiger charge is 2.49. The van der Waals surface area contributed by atoms with E-state index in [2.05, 4.69) is 63.0 Å². The Bertz CT molecular complexity index is 1330. The number of halogens is 4. The highest BCUT2D eigenvalue weighted by atomic mass is 28.4. The number of alkyl halides is 3. The maximum absolute atomic E-state index is 15.6. The number of piperidine rings is 1. The molecule has 42 heavy (non-hydrogen) atoms. The van der Waals surface area contributed by atoms with Gasteiger partial charge < -0.3 is 14.6 Å². The van der Waals surface area contributed by atoms with Crippen molar-refractivity contribution in [2.24, 2.45) is 11.8 Å². The van der Waals surface area contributed by atoms with Gasteiger partial charge in [0.15, 0.2) is 14.1 Å². The van der Waals surface area contributed by atoms with Crippen LogP contribution in [-0.2, 0) is 21.2 Å². The highest BCUT2D eigenvalue weighted by Crippen LogP contribution is 2.48. The zero-order chi connectivity index (χ0) is 31.4. The summed E-state index contributed by atoms with van der Waals surface area (Å²) in [5, 5.41) is 2.28. The Morgan fingerprint density at radius 1 is 1.10 bits per heavy atom. The lowest BCUT2D eigenvalue weighted by Crippen LogP contribution is -2.40. The fourth-order valence-electron chi connectivity index (χ4n) is 5.54. The SMILES string of the molecule is C[C@@H]1C[C@H](C)CN(c2ccc(N3C(=O)C(C)(C)c4c(NCC(F)(F)F)nc(CO[Si](C)(C)C(C)(C)C)nc43)cc2F)C1. The minimum Gasteiger partial charge on any atom is -0.409 e. The minimum absolute atomic E-state index is 0.0362. The van der Waals surface area contributed by atoms with E-state index < -0.39 is 38.2 Å². The maximum Gasteiger partial charge on any atom is 0.405 e. The summed E-state index contributed by atoms with van der Waals surface area (Å²) in [4.78, 5) is 26.2. The second kappa shape index (κ2) is 11.1. The molecule has 1 amide bonds. The van der Waals surface area contributed by atoms with Gasteiger partial charge in [-0.1, -0.05) is 34.6 Å². The van der Waals surface area contributed by atoms with E-state index >= 15 is 4.39 Å². The molecule has 0 spiro atoms. The summed E-state index contributed by atoms with van der Waals surface area (Å²) >= 11 is 0. The normalized spacial score (nSPS) is 21.1. The first kappa shape index (κ1) is 32.2. The molecular formula is C30H43F4N5O2Si. The molecule has 0 aliphatic carbocycles. The second-order valence-electron chi connectivity index (χ2n) is 14.0. The van der Waals surface area contributed by atoms with Crippen molar-refractivity contribution in [1.29, 1.82) is 0 Å². The molecule has 1 saturated heterocycles. The van der Waals surface area contributed by atoms with Crippen LogP contribution in [0.3, 0.4) is 0 Å². The lowest BCUT2D eigenvalue weighted by atomic mass is 9.87. The molecule has 2 aliphatic heterocycles. The van der Waals surface area contributed by atoms with Crippen LogP contribution in [0.4, 0.5) is 40.6 Å². The van der Waals surface area contributed by atoms with E-state index in [0.29, 0.717) is 17.5 Å². The number of benzene rings is 1. The summed E-state index contributed by atoms with van der Waals surface area (Å²) in [6.07, 6.45) is -3.43. The van der Waals surface area contributed by atoms with Crippen molar-refractivity contribution in [3.05, 3.63) is 35.4 Å². The highest BCUT2D eigenvalue weighted by molar-refractivity contribution is 6.74. The van der Waals surface area contributed by atoms with E-state index in [1.165, 1.54) is 11.0 Å². The van der Waals surface area contributed by atoms with Gasteiger partial charge in [0.1, 0.15) is 24.0 Å². The lowest BCUT2D eigenvalue weighted by Gasteiger charge is -2.37. The monoisotopic (exact) mass is 609 g/mol. The Kier molecular flexibility index (Phi) is 8.49. The molecule has 7 nitrogen and oxygen atoms in total. The quantitative estimate of drug-likeness (QED) is 0.258. The van der Waals surface area contributed by atoms with Crippen LogP contribution in [0.1, 0.15) is 66.3 Å². The zero-order valence-electron chi connectivity index (χ0n) is 26.0. The van der Waals surface area contributed by atoms with Crippen LogP contribution in [0, 0.1) is 17.7 Å². The van der Waals surface area contributed by atoms with Crippen molar-refractivity contribution >= 4 is 37.2 Å². The first-order chi connectivity index (χ1) is 19.2. The Labute approximate surface area is 247 Å². The van der Waals surface area contributed by atoms with Gasteiger partial charge in [0.25, 0.3) is 0 Å². The molecule has 2 aliphatic rings. The summed E-state index contributed by atoms with van der Waals surface area (Å²) in [5.41, 5.74) is -0.324. The van der Waals surface area contributed by atoms with Crippen molar-refractivity contribution in [2.45, 2.75) is 91.2 Å². The molecule has 4 rings (SSSR count). The molecule has 1 aromatic carbocycles. The Morgan fingerprint density at radius 3 is 2.26 bits per heavy atom. The predicted octanol–water partition coefficient (Wildman–Crippen LogP) is 7.55. The third-order valence-electron chi connectivity index (χ3n) is 8.73. The maximum atomic E-state index is 15.6. The van der Waals surface area contributed by atoms with E-state index in [0.717, 1.165) is 19.5 Å². The van der Waals surface area contributed by atoms with Gasteiger partial charge in [-0.05, 0) is 62.4 Å². The largest absolute Gasteiger partial charge is 0.409 e. The number of carbonyl (C=O) groups excluding carboxylic acids is 1. The fourth-order valence-corrected chi connectivity index (χ4v) is 6.47. The van der Waals surface area contributed by atoms with Gasteiger partial charge in [-0.15, -0.1) is 0 Å². The Hall–Kier alpha value is -2.73. The van der Waals surface area contributed by atoms with Gasteiger partial charge in [0, 0.05) is 19.2 Å². The van der Waals surface area contributed by atoms with Gasteiger partial charge in [0.2, 0.25) is 5.91 Å². The van der Waals surface area contributed by atoms with Gasteiger partial charge in [-0.25, -0.2) is 14.4 Å². The molecule has 1 N–H and O–H groups in total. The summed E-state index contributed by atoms with van der Waals surface area (Å²) in [6.45, 7) is 17.9. The molecule has 0 bridgehead atoms. The zero-order valence-corrected chi connectivity index (χ0v) is 27.0. The third kappa shape index (κ3) is 6.44. The minimum atomic E-state index is -4.51. The van der Waals surface area contributed by atoms with Crippen LogP contribution in [0.25, 0.3) is 0 Å². The average molecular weight is 610 g/mol. The van der Waals surface area contributed by atoms with E-state index in [-0.39, 0.29) is 40.4 Å². The Morgan fingerprint density at radius 2 is 1.71 bits per heavy atom. The van der Waals surface area contributed by atoms with Gasteiger partial charge in [0.05, 0.1) is 29.0 Å². The average Bonchev–Trinajstić information content (AvgIpc) is 3.04. The van der Waals surface area contributed by atoms with Crippen molar-refractivity contribution in [1.82, 2.24) is 9.97 Å².